The van der Waals surface area contributed by atoms with E-state index in [-0.39, 0.29) is 0 Å². The van der Waals surface area contributed by atoms with Crippen molar-refractivity contribution in [1.82, 2.24) is 19.7 Å². The van der Waals surface area contributed by atoms with E-state index in [0.29, 0.717) is 18.1 Å². The number of methoxy groups -OCH3 is 1. The van der Waals surface area contributed by atoms with Crippen LogP contribution in [0.15, 0.2) is 53.3 Å². The third-order valence-corrected chi connectivity index (χ3v) is 4.33. The molecule has 2 aromatic heterocycles. The van der Waals surface area contributed by atoms with Crippen LogP contribution >= 0.6 is 0 Å². The molecule has 0 fully saturated rings. The van der Waals surface area contributed by atoms with Crippen molar-refractivity contribution in [1.29, 1.82) is 0 Å². The fraction of sp³-hybridized carbons (Fsp3) is 0.250. The normalized spacial score (nSPS) is 11.2. The maximum Gasteiger partial charge on any atom is 0.231 e. The van der Waals surface area contributed by atoms with E-state index in [0.717, 1.165) is 40.9 Å². The van der Waals surface area contributed by atoms with Crippen molar-refractivity contribution in [2.24, 2.45) is 0 Å². The highest BCUT2D eigenvalue weighted by atomic mass is 16.5. The topological polar surface area (TPSA) is 66.0 Å². The van der Waals surface area contributed by atoms with Crippen molar-refractivity contribution in [3.05, 3.63) is 60.2 Å². The molecule has 0 atom stereocenters. The average molecular weight is 348 g/mol. The van der Waals surface area contributed by atoms with Gasteiger partial charge in [-0.05, 0) is 42.3 Å². The number of ether oxygens (including phenoxy) is 1. The van der Waals surface area contributed by atoms with Crippen LogP contribution in [-0.4, -0.2) is 26.8 Å². The van der Waals surface area contributed by atoms with Gasteiger partial charge in [-0.15, -0.1) is 0 Å². The Labute approximate surface area is 151 Å². The minimum atomic E-state index is 0.590. The van der Waals surface area contributed by atoms with Crippen molar-refractivity contribution >= 4 is 11.0 Å². The highest BCUT2D eigenvalue weighted by Gasteiger charge is 2.11. The molecule has 0 saturated heterocycles. The number of hydrogen-bond donors (Lipinski definition) is 0. The maximum absolute atomic E-state index is 5.44. The number of fused-ring (bicyclic) bond motifs is 1. The van der Waals surface area contributed by atoms with E-state index >= 15 is 0 Å². The number of nitrogens with zero attached hydrogens (tertiary/aromatic N) is 4. The van der Waals surface area contributed by atoms with Crippen LogP contribution in [0.1, 0.15) is 24.8 Å². The minimum absolute atomic E-state index is 0.590. The minimum Gasteiger partial charge on any atom is -0.497 e. The largest absolute Gasteiger partial charge is 0.497 e. The van der Waals surface area contributed by atoms with Crippen LogP contribution < -0.4 is 4.74 Å². The fourth-order valence-corrected chi connectivity index (χ4v) is 2.98. The lowest BCUT2D eigenvalue weighted by Crippen LogP contribution is -1.94. The van der Waals surface area contributed by atoms with E-state index in [2.05, 4.69) is 32.7 Å². The summed E-state index contributed by atoms with van der Waals surface area (Å²) in [7, 11) is 1.66. The Bertz CT molecular complexity index is 1020. The molecular formula is C20H20N4O2. The van der Waals surface area contributed by atoms with Gasteiger partial charge in [0.05, 0.1) is 30.9 Å². The summed E-state index contributed by atoms with van der Waals surface area (Å²) in [5, 5.41) is 4.14. The van der Waals surface area contributed by atoms with Gasteiger partial charge >= 0.3 is 0 Å². The lowest BCUT2D eigenvalue weighted by Gasteiger charge is -2.02. The molecule has 4 rings (SSSR count). The van der Waals surface area contributed by atoms with Crippen molar-refractivity contribution < 1.29 is 9.26 Å². The number of imidazole rings is 1. The molecule has 2 heterocycles. The molecule has 0 spiro atoms. The van der Waals surface area contributed by atoms with Crippen LogP contribution in [0.4, 0.5) is 0 Å². The Morgan fingerprint density at radius 1 is 1.12 bits per heavy atom. The number of rotatable bonds is 6. The lowest BCUT2D eigenvalue weighted by molar-refractivity contribution is 0.385. The molecule has 0 saturated carbocycles. The van der Waals surface area contributed by atoms with Gasteiger partial charge in [0.1, 0.15) is 5.75 Å². The number of benzene rings is 2. The predicted octanol–water partition coefficient (Wildman–Crippen LogP) is 4.10. The van der Waals surface area contributed by atoms with Gasteiger partial charge in [-0.2, -0.15) is 4.98 Å². The summed E-state index contributed by atoms with van der Waals surface area (Å²) in [4.78, 5) is 8.98. The molecule has 0 amide bonds. The Hall–Kier alpha value is -3.15. The first kappa shape index (κ1) is 16.3. The Morgan fingerprint density at radius 3 is 2.73 bits per heavy atom. The molecule has 0 aliphatic rings. The first-order valence-electron chi connectivity index (χ1n) is 8.67. The van der Waals surface area contributed by atoms with Crippen LogP contribution in [0.3, 0.4) is 0 Å². The summed E-state index contributed by atoms with van der Waals surface area (Å²) < 4.78 is 12.8. The molecule has 0 bridgehead atoms. The lowest BCUT2D eigenvalue weighted by atomic mass is 10.1. The van der Waals surface area contributed by atoms with Crippen LogP contribution in [0, 0.1) is 0 Å². The molecule has 6 heteroatoms. The second-order valence-electron chi connectivity index (χ2n) is 6.18. The molecule has 4 aromatic rings. The molecule has 6 nitrogen and oxygen atoms in total. The quantitative estimate of drug-likeness (QED) is 0.525. The summed E-state index contributed by atoms with van der Waals surface area (Å²) >= 11 is 0. The first-order valence-corrected chi connectivity index (χ1v) is 8.67. The number of hydrogen-bond acceptors (Lipinski definition) is 5. The van der Waals surface area contributed by atoms with E-state index in [1.165, 1.54) is 0 Å². The van der Waals surface area contributed by atoms with E-state index in [1.54, 1.807) is 7.11 Å². The zero-order chi connectivity index (χ0) is 17.9. The molecule has 0 radical (unpaired) electrons. The summed E-state index contributed by atoms with van der Waals surface area (Å²) in [6.07, 6.45) is 3.53. The molecule has 0 N–H and O–H groups in total. The summed E-state index contributed by atoms with van der Waals surface area (Å²) in [5.74, 6) is 2.02. The van der Waals surface area contributed by atoms with Gasteiger partial charge in [0.25, 0.3) is 0 Å². The Morgan fingerprint density at radius 2 is 1.96 bits per heavy atom. The molecule has 0 unspecified atom stereocenters. The number of aryl methyl sites for hydroxylation is 1. The number of aromatic nitrogens is 4. The van der Waals surface area contributed by atoms with E-state index in [4.69, 9.17) is 9.26 Å². The second kappa shape index (κ2) is 7.00. The van der Waals surface area contributed by atoms with E-state index in [1.807, 2.05) is 42.7 Å². The van der Waals surface area contributed by atoms with Gasteiger partial charge in [0, 0.05) is 12.1 Å². The first-order chi connectivity index (χ1) is 12.8. The zero-order valence-corrected chi connectivity index (χ0v) is 14.8. The van der Waals surface area contributed by atoms with Crippen LogP contribution in [0.2, 0.25) is 0 Å². The highest BCUT2D eigenvalue weighted by molar-refractivity contribution is 5.80. The smallest absolute Gasteiger partial charge is 0.231 e. The summed E-state index contributed by atoms with van der Waals surface area (Å²) in [5.41, 5.74) is 4.09. The molecule has 2 aromatic carbocycles. The van der Waals surface area contributed by atoms with Gasteiger partial charge in [-0.1, -0.05) is 24.2 Å². The molecule has 132 valence electrons. The Balaban J connectivity index is 1.58. The average Bonchev–Trinajstić information content (AvgIpc) is 3.30. The second-order valence-corrected chi connectivity index (χ2v) is 6.18. The van der Waals surface area contributed by atoms with Crippen molar-refractivity contribution in [3.8, 4) is 17.1 Å². The monoisotopic (exact) mass is 348 g/mol. The molecule has 26 heavy (non-hydrogen) atoms. The molecule has 0 aliphatic heterocycles. The van der Waals surface area contributed by atoms with Crippen molar-refractivity contribution in [3.63, 3.8) is 0 Å². The van der Waals surface area contributed by atoms with Gasteiger partial charge in [-0.25, -0.2) is 4.98 Å². The van der Waals surface area contributed by atoms with Gasteiger partial charge < -0.3 is 13.8 Å². The van der Waals surface area contributed by atoms with E-state index < -0.39 is 0 Å². The SMILES string of the molecule is CCCn1cnc2ccc(-c3noc(Cc4ccc(OC)cc4)n3)cc21. The standard InChI is InChI=1S/C20H20N4O2/c1-3-10-24-13-21-17-9-6-15(12-18(17)24)20-22-19(26-23-20)11-14-4-7-16(25-2)8-5-14/h4-9,12-13H,3,10-11H2,1-2H3. The van der Waals surface area contributed by atoms with Crippen LogP contribution in [0.5, 0.6) is 5.75 Å². The Kier molecular flexibility index (Phi) is 4.39. The molecule has 0 aliphatic carbocycles. The fourth-order valence-electron chi connectivity index (χ4n) is 2.98. The highest BCUT2D eigenvalue weighted by Crippen LogP contribution is 2.23. The third-order valence-electron chi connectivity index (χ3n) is 4.33. The summed E-state index contributed by atoms with van der Waals surface area (Å²) in [6, 6.07) is 13.9. The van der Waals surface area contributed by atoms with Crippen LogP contribution in [-0.2, 0) is 13.0 Å². The third kappa shape index (κ3) is 3.18. The van der Waals surface area contributed by atoms with Crippen molar-refractivity contribution in [2.45, 2.75) is 26.3 Å². The maximum atomic E-state index is 5.44. The molecular weight excluding hydrogens is 328 g/mol. The predicted molar refractivity (Wildman–Crippen MR) is 99.1 cm³/mol. The van der Waals surface area contributed by atoms with Crippen LogP contribution in [0.25, 0.3) is 22.4 Å². The van der Waals surface area contributed by atoms with Gasteiger partial charge in [0.15, 0.2) is 0 Å². The van der Waals surface area contributed by atoms with E-state index in [9.17, 15) is 0 Å². The zero-order valence-electron chi connectivity index (χ0n) is 14.8. The summed E-state index contributed by atoms with van der Waals surface area (Å²) in [6.45, 7) is 3.09. The van der Waals surface area contributed by atoms with Crippen molar-refractivity contribution in [2.75, 3.05) is 7.11 Å². The van der Waals surface area contributed by atoms with Gasteiger partial charge in [-0.3, -0.25) is 0 Å². The van der Waals surface area contributed by atoms with Gasteiger partial charge in [0.2, 0.25) is 11.7 Å².